The second-order valence-electron chi connectivity index (χ2n) is 22.3. The van der Waals surface area contributed by atoms with Crippen molar-refractivity contribution >= 4 is 66.2 Å². The number of aliphatic hydroxyl groups excluding tert-OH is 4. The van der Waals surface area contributed by atoms with Gasteiger partial charge in [0.1, 0.15) is 80.4 Å². The van der Waals surface area contributed by atoms with Crippen molar-refractivity contribution in [2.24, 2.45) is 0 Å². The van der Waals surface area contributed by atoms with Crippen LogP contribution in [0.1, 0.15) is 81.0 Å². The molecular formula is C58H52ClF10N19O15S3. The van der Waals surface area contributed by atoms with E-state index in [4.69, 9.17) is 10.2 Å². The molecule has 48 heteroatoms. The molecule has 10 aromatic rings. The first-order valence-electron chi connectivity index (χ1n) is 29.8. The Morgan fingerprint density at radius 3 is 0.858 bits per heavy atom. The maximum atomic E-state index is 13.8. The van der Waals surface area contributed by atoms with E-state index < -0.39 is 163 Å². The van der Waals surface area contributed by atoms with E-state index in [1.807, 2.05) is 0 Å². The number of carbonyl (C=O) groups excluding carboxylic acids is 3. The zero-order valence-electron chi connectivity index (χ0n) is 53.3. The van der Waals surface area contributed by atoms with Crippen LogP contribution < -0.4 is 0 Å². The third-order valence-electron chi connectivity index (χ3n) is 15.2. The van der Waals surface area contributed by atoms with E-state index in [2.05, 4.69) is 50.5 Å². The van der Waals surface area contributed by atoms with Gasteiger partial charge in [-0.25, -0.2) is 48.7 Å². The molecule has 4 atom stereocenters. The Kier molecular flexibility index (Phi) is 24.3. The van der Waals surface area contributed by atoms with Gasteiger partial charge < -0.3 is 40.2 Å². The number of aliphatic hydroxyl groups is 4. The Balaban J connectivity index is 0.000000170. The molecule has 106 heavy (non-hydrogen) atoms. The van der Waals surface area contributed by atoms with Crippen molar-refractivity contribution < 1.29 is 114 Å². The molecule has 13 heterocycles. The van der Waals surface area contributed by atoms with E-state index >= 15 is 0 Å². The maximum Gasteiger partial charge on any atom is 0.338 e. The van der Waals surface area contributed by atoms with E-state index in [9.17, 15) is 104 Å². The number of carbonyl (C=O) groups is 4. The molecule has 2 unspecified atom stereocenters. The van der Waals surface area contributed by atoms with Crippen LogP contribution in [0, 0.1) is 23.3 Å². The molecule has 0 aliphatic carbocycles. The lowest BCUT2D eigenvalue weighted by Gasteiger charge is -2.19. The molecular weight excluding hydrogens is 1520 g/mol. The Bertz CT molecular complexity index is 4720. The molecule has 0 saturated carbocycles. The highest BCUT2D eigenvalue weighted by molar-refractivity contribution is 7.90. The number of carboxylic acid groups (broad SMARTS) is 1. The zero-order valence-corrected chi connectivity index (χ0v) is 56.5. The number of nitrogens with zero attached hydrogens (tertiary/aromatic N) is 19. The van der Waals surface area contributed by atoms with E-state index in [1.54, 1.807) is 0 Å². The van der Waals surface area contributed by atoms with Crippen LogP contribution in [0.15, 0.2) is 144 Å². The number of hydrogen-bond acceptors (Lipinski definition) is 24. The lowest BCUT2D eigenvalue weighted by molar-refractivity contribution is -0.147. The van der Waals surface area contributed by atoms with Crippen LogP contribution in [-0.2, 0) is 108 Å². The Morgan fingerprint density at radius 2 is 0.642 bits per heavy atom. The zero-order chi connectivity index (χ0) is 76.1. The van der Waals surface area contributed by atoms with Gasteiger partial charge in [-0.1, -0.05) is 0 Å². The standard InChI is InChI=1S/3C17H15F3N6O4S.C7H6FNO3.ClH/c3*18-12-2-1-3-21-15(12)16(27)17(28)24-5-10-6-26(23-13(10)8-24)31(29,30)11-4-22-25(7-11)9-14(19)20;8-4-2-1-3-9-5(4)6(10)7(11)12;/h3*1-4,6-7,14,16,27H,5,8-9H2;1-3,6,10H,(H,11,12);1H/t2*16-;;;/m10.../s1. The van der Waals surface area contributed by atoms with Crippen LogP contribution in [-0.4, -0.2) is 185 Å². The van der Waals surface area contributed by atoms with Gasteiger partial charge in [-0.15, -0.1) is 12.4 Å². The van der Waals surface area contributed by atoms with Crippen molar-refractivity contribution in [3.8, 4) is 0 Å². The Labute approximate surface area is 595 Å². The minimum absolute atomic E-state index is 0. The summed E-state index contributed by atoms with van der Waals surface area (Å²) in [6.07, 6.45) is -1.17. The molecule has 10 aromatic heterocycles. The first-order chi connectivity index (χ1) is 49.6. The van der Waals surface area contributed by atoms with Crippen LogP contribution >= 0.6 is 12.4 Å². The Hall–Kier alpha value is -11.0. The predicted octanol–water partition coefficient (Wildman–Crippen LogP) is 2.84. The Morgan fingerprint density at radius 1 is 0.396 bits per heavy atom. The summed E-state index contributed by atoms with van der Waals surface area (Å²) < 4.78 is 209. The number of rotatable bonds is 20. The first-order valence-corrected chi connectivity index (χ1v) is 34.1. The summed E-state index contributed by atoms with van der Waals surface area (Å²) >= 11 is 0. The summed E-state index contributed by atoms with van der Waals surface area (Å²) in [6.45, 7) is -2.73. The molecule has 0 radical (unpaired) electrons. The molecule has 34 nitrogen and oxygen atoms in total. The van der Waals surface area contributed by atoms with Gasteiger partial charge in [0.2, 0.25) is 0 Å². The van der Waals surface area contributed by atoms with Gasteiger partial charge in [0, 0.05) is 98.3 Å². The molecule has 0 saturated heterocycles. The molecule has 3 amide bonds. The monoisotopic (exact) mass is 1580 g/mol. The fraction of sp³-hybridized carbons (Fsp3) is 0.276. The SMILES string of the molecule is Cl.O=C(C(O)c1ncccc1F)N1Cc2cn(S(=O)(=O)c3cnn(CC(F)F)c3)nc2C1.O=C(O)C(O)c1ncccc1F.O=C([C@@H](O)c1ncccc1F)N1Cc2cn(S(=O)(=O)c3cnn(CC(F)F)c3)nc2C1.O=C([C@H](O)c1ncccc1F)N1Cc2cn(S(=O)(=O)c3cnn(CC(F)F)c3)nc2C1. The second-order valence-corrected chi connectivity index (χ2v) is 27.7. The summed E-state index contributed by atoms with van der Waals surface area (Å²) in [7, 11) is -12.5. The van der Waals surface area contributed by atoms with Gasteiger partial charge in [0.05, 0.1) is 55.3 Å². The van der Waals surface area contributed by atoms with Gasteiger partial charge >= 0.3 is 5.97 Å². The third kappa shape index (κ3) is 17.5. The molecule has 3 aliphatic heterocycles. The van der Waals surface area contributed by atoms with E-state index in [-0.39, 0.29) is 83.4 Å². The summed E-state index contributed by atoms with van der Waals surface area (Å²) in [6, 6.07) is 9.51. The molecule has 564 valence electrons. The molecule has 5 N–H and O–H groups in total. The molecule has 3 aliphatic rings. The average molecular weight is 1580 g/mol. The highest BCUT2D eigenvalue weighted by Crippen LogP contribution is 2.31. The second kappa shape index (κ2) is 32.6. The average Bonchev–Trinajstić information content (AvgIpc) is 1.63. The third-order valence-corrected chi connectivity index (χ3v) is 19.6. The number of aromatic nitrogens is 16. The van der Waals surface area contributed by atoms with E-state index in [0.29, 0.717) is 29.0 Å². The van der Waals surface area contributed by atoms with Crippen LogP contribution in [0.3, 0.4) is 0 Å². The van der Waals surface area contributed by atoms with Gasteiger partial charge in [-0.3, -0.25) is 48.4 Å². The first kappa shape index (κ1) is 79.1. The number of pyridine rings is 4. The lowest BCUT2D eigenvalue weighted by atomic mass is 10.2. The number of carboxylic acids is 1. The van der Waals surface area contributed by atoms with Crippen molar-refractivity contribution in [1.29, 1.82) is 0 Å². The molecule has 0 spiro atoms. The smallest absolute Gasteiger partial charge is 0.338 e. The van der Waals surface area contributed by atoms with Gasteiger partial charge in [0.15, 0.2) is 24.4 Å². The number of alkyl halides is 6. The molecule has 0 aromatic carbocycles. The van der Waals surface area contributed by atoms with Crippen molar-refractivity contribution in [2.45, 2.75) is 117 Å². The summed E-state index contributed by atoms with van der Waals surface area (Å²) in [5, 5.41) is 70.4. The predicted molar refractivity (Wildman–Crippen MR) is 333 cm³/mol. The summed E-state index contributed by atoms with van der Waals surface area (Å²) in [4.78, 5) is 64.8. The number of aliphatic carboxylic acids is 1. The van der Waals surface area contributed by atoms with E-state index in [1.165, 1.54) is 82.3 Å². The topological polar surface area (TPSA) is 440 Å². The normalized spacial score (nSPS) is 14.4. The van der Waals surface area contributed by atoms with Crippen molar-refractivity contribution in [2.75, 3.05) is 0 Å². The van der Waals surface area contributed by atoms with E-state index in [0.717, 1.165) is 75.5 Å². The van der Waals surface area contributed by atoms with Crippen LogP contribution in [0.4, 0.5) is 43.9 Å². The van der Waals surface area contributed by atoms with Crippen LogP contribution in [0.5, 0.6) is 0 Å². The van der Waals surface area contributed by atoms with Gasteiger partial charge in [0.25, 0.3) is 67.1 Å². The largest absolute Gasteiger partial charge is 0.479 e. The quantitative estimate of drug-likeness (QED) is 0.0685. The minimum atomic E-state index is -4.17. The molecule has 0 fully saturated rings. The van der Waals surface area contributed by atoms with Gasteiger partial charge in [-0.2, -0.15) is 68.1 Å². The highest BCUT2D eigenvalue weighted by Gasteiger charge is 2.38. The lowest BCUT2D eigenvalue weighted by Crippen LogP contribution is -2.32. The fourth-order valence-corrected chi connectivity index (χ4v) is 13.5. The van der Waals surface area contributed by atoms with Crippen LogP contribution in [0.25, 0.3) is 0 Å². The van der Waals surface area contributed by atoms with Crippen molar-refractivity contribution in [1.82, 2.24) is 91.5 Å². The van der Waals surface area contributed by atoms with Crippen LogP contribution in [0.2, 0.25) is 0 Å². The maximum absolute atomic E-state index is 13.8. The highest BCUT2D eigenvalue weighted by atomic mass is 35.5. The molecule has 0 bridgehead atoms. The number of hydrogen-bond donors (Lipinski definition) is 5. The number of amides is 3. The number of fused-ring (bicyclic) bond motifs is 3. The summed E-state index contributed by atoms with van der Waals surface area (Å²) in [5.41, 5.74) is 0.329. The van der Waals surface area contributed by atoms with Crippen molar-refractivity contribution in [3.63, 3.8) is 0 Å². The minimum Gasteiger partial charge on any atom is -0.479 e. The fourth-order valence-electron chi connectivity index (χ4n) is 10.1. The summed E-state index contributed by atoms with van der Waals surface area (Å²) in [5.74, 6) is -7.26. The van der Waals surface area contributed by atoms with Crippen molar-refractivity contribution in [3.05, 3.63) is 209 Å². The molecule has 13 rings (SSSR count). The number of halogens is 11. The van der Waals surface area contributed by atoms with Gasteiger partial charge in [-0.05, 0) is 48.5 Å².